The first-order chi connectivity index (χ1) is 20.6. The summed E-state index contributed by atoms with van der Waals surface area (Å²) in [4.78, 5) is 28.5. The van der Waals surface area contributed by atoms with E-state index in [4.69, 9.17) is 4.74 Å². The summed E-state index contributed by atoms with van der Waals surface area (Å²) in [7, 11) is -2.43. The number of hydrogen-bond acceptors (Lipinski definition) is 5. The van der Waals surface area contributed by atoms with Gasteiger partial charge in [-0.1, -0.05) is 72.8 Å². The van der Waals surface area contributed by atoms with E-state index in [1.807, 2.05) is 60.7 Å². The first-order valence-corrected chi connectivity index (χ1v) is 15.5. The molecule has 0 heterocycles. The van der Waals surface area contributed by atoms with Gasteiger partial charge in [0.15, 0.2) is 0 Å². The minimum Gasteiger partial charge on any atom is -0.489 e. The molecular formula is C33H34FN3O5S. The molecule has 4 aromatic rings. The van der Waals surface area contributed by atoms with E-state index in [2.05, 4.69) is 5.32 Å². The van der Waals surface area contributed by atoms with Crippen LogP contribution in [0.5, 0.6) is 5.75 Å². The Morgan fingerprint density at radius 3 is 1.95 bits per heavy atom. The van der Waals surface area contributed by atoms with Crippen molar-refractivity contribution in [1.29, 1.82) is 0 Å². The predicted octanol–water partition coefficient (Wildman–Crippen LogP) is 4.56. The lowest BCUT2D eigenvalue weighted by atomic mass is 10.0. The molecule has 43 heavy (non-hydrogen) atoms. The SMILES string of the molecule is CNC(=O)[C@@H](Cc1ccccc1)N(Cc1ccc(F)cc1)C(=O)CN(c1ccc(OCc2ccccc2)cc1)S(C)(=O)=O. The van der Waals surface area contributed by atoms with Gasteiger partial charge in [-0.2, -0.15) is 0 Å². The topological polar surface area (TPSA) is 96.0 Å². The fourth-order valence-corrected chi connectivity index (χ4v) is 5.42. The van der Waals surface area contributed by atoms with E-state index >= 15 is 0 Å². The number of amides is 2. The van der Waals surface area contributed by atoms with Crippen molar-refractivity contribution < 1.29 is 27.1 Å². The van der Waals surface area contributed by atoms with Crippen LogP contribution in [0.25, 0.3) is 0 Å². The smallest absolute Gasteiger partial charge is 0.244 e. The third kappa shape index (κ3) is 8.89. The Hall–Kier alpha value is -4.70. The molecule has 0 unspecified atom stereocenters. The number of sulfonamides is 1. The predicted molar refractivity (Wildman–Crippen MR) is 164 cm³/mol. The van der Waals surface area contributed by atoms with Gasteiger partial charge in [0.1, 0.15) is 30.8 Å². The van der Waals surface area contributed by atoms with Gasteiger partial charge in [0.25, 0.3) is 0 Å². The zero-order valence-corrected chi connectivity index (χ0v) is 24.8. The van der Waals surface area contributed by atoms with Crippen LogP contribution in [-0.4, -0.2) is 51.0 Å². The van der Waals surface area contributed by atoms with Crippen molar-refractivity contribution in [2.24, 2.45) is 0 Å². The monoisotopic (exact) mass is 603 g/mol. The van der Waals surface area contributed by atoms with Crippen LogP contribution in [0, 0.1) is 5.82 Å². The zero-order chi connectivity index (χ0) is 30.8. The largest absolute Gasteiger partial charge is 0.489 e. The summed E-state index contributed by atoms with van der Waals surface area (Å²) < 4.78 is 46.3. The molecule has 0 aliphatic rings. The van der Waals surface area contributed by atoms with Gasteiger partial charge in [-0.25, -0.2) is 12.8 Å². The number of likely N-dealkylation sites (N-methyl/N-ethyl adjacent to an activating group) is 1. The summed E-state index contributed by atoms with van der Waals surface area (Å²) in [5, 5.41) is 2.62. The van der Waals surface area contributed by atoms with Crippen LogP contribution in [0.4, 0.5) is 10.1 Å². The molecule has 2 amide bonds. The molecule has 0 radical (unpaired) electrons. The first kappa shape index (κ1) is 31.2. The molecule has 10 heteroatoms. The van der Waals surface area contributed by atoms with Crippen LogP contribution in [0.2, 0.25) is 0 Å². The third-order valence-corrected chi connectivity index (χ3v) is 7.98. The van der Waals surface area contributed by atoms with Crippen molar-refractivity contribution in [3.05, 3.63) is 132 Å². The molecule has 0 saturated carbocycles. The van der Waals surface area contributed by atoms with Crippen LogP contribution in [0.1, 0.15) is 16.7 Å². The average Bonchev–Trinajstić information content (AvgIpc) is 3.01. The Balaban J connectivity index is 1.61. The Morgan fingerprint density at radius 2 is 1.40 bits per heavy atom. The number of nitrogens with one attached hydrogen (secondary N) is 1. The van der Waals surface area contributed by atoms with Gasteiger partial charge in [0.05, 0.1) is 11.9 Å². The maximum absolute atomic E-state index is 14.0. The molecule has 8 nitrogen and oxygen atoms in total. The summed E-state index contributed by atoms with van der Waals surface area (Å²) in [6, 6.07) is 29.9. The highest BCUT2D eigenvalue weighted by atomic mass is 32.2. The van der Waals surface area contributed by atoms with Crippen LogP contribution in [0.15, 0.2) is 109 Å². The van der Waals surface area contributed by atoms with Crippen LogP contribution in [0.3, 0.4) is 0 Å². The number of nitrogens with zero attached hydrogens (tertiary/aromatic N) is 2. The molecule has 1 atom stereocenters. The van der Waals surface area contributed by atoms with Gasteiger partial charge in [-0.15, -0.1) is 0 Å². The number of carbonyl (C=O) groups is 2. The number of hydrogen-bond donors (Lipinski definition) is 1. The molecule has 4 rings (SSSR count). The fraction of sp³-hybridized carbons (Fsp3) is 0.212. The summed E-state index contributed by atoms with van der Waals surface area (Å²) in [5.74, 6) is -0.908. The summed E-state index contributed by atoms with van der Waals surface area (Å²) in [6.07, 6.45) is 1.21. The second-order valence-corrected chi connectivity index (χ2v) is 11.9. The Bertz CT molecular complexity index is 1600. The molecule has 0 aliphatic carbocycles. The lowest BCUT2D eigenvalue weighted by molar-refractivity contribution is -0.139. The molecule has 0 aromatic heterocycles. The summed E-state index contributed by atoms with van der Waals surface area (Å²) in [6.45, 7) is -0.241. The molecular weight excluding hydrogens is 569 g/mol. The van der Waals surface area contributed by atoms with E-state index < -0.39 is 40.2 Å². The number of rotatable bonds is 13. The van der Waals surface area contributed by atoms with Gasteiger partial charge in [0.2, 0.25) is 21.8 Å². The van der Waals surface area contributed by atoms with Crippen molar-refractivity contribution >= 4 is 27.5 Å². The second-order valence-electron chi connectivity index (χ2n) is 10.0. The maximum atomic E-state index is 14.0. The van der Waals surface area contributed by atoms with E-state index in [1.165, 1.54) is 36.2 Å². The minimum absolute atomic E-state index is 0.0338. The van der Waals surface area contributed by atoms with Crippen molar-refractivity contribution in [3.63, 3.8) is 0 Å². The highest BCUT2D eigenvalue weighted by molar-refractivity contribution is 7.92. The fourth-order valence-electron chi connectivity index (χ4n) is 4.57. The Labute approximate surface area is 251 Å². The first-order valence-electron chi connectivity index (χ1n) is 13.7. The summed E-state index contributed by atoms with van der Waals surface area (Å²) in [5.41, 5.74) is 2.66. The maximum Gasteiger partial charge on any atom is 0.244 e. The number of ether oxygens (including phenoxy) is 1. The van der Waals surface area contributed by atoms with Crippen LogP contribution in [-0.2, 0) is 39.2 Å². The summed E-state index contributed by atoms with van der Waals surface area (Å²) >= 11 is 0. The number of benzene rings is 4. The van der Waals surface area contributed by atoms with E-state index in [0.29, 0.717) is 17.9 Å². The molecule has 224 valence electrons. The molecule has 4 aromatic carbocycles. The quantitative estimate of drug-likeness (QED) is 0.242. The Morgan fingerprint density at radius 1 is 0.814 bits per heavy atom. The molecule has 1 N–H and O–H groups in total. The van der Waals surface area contributed by atoms with Gasteiger partial charge in [-0.05, 0) is 53.1 Å². The molecule has 0 fully saturated rings. The van der Waals surface area contributed by atoms with Crippen LogP contribution < -0.4 is 14.4 Å². The van der Waals surface area contributed by atoms with Crippen molar-refractivity contribution in [2.75, 3.05) is 24.2 Å². The third-order valence-electron chi connectivity index (χ3n) is 6.84. The van der Waals surface area contributed by atoms with Gasteiger partial charge >= 0.3 is 0 Å². The molecule has 0 saturated heterocycles. The average molecular weight is 604 g/mol. The van der Waals surface area contributed by atoms with Crippen LogP contribution >= 0.6 is 0 Å². The van der Waals surface area contributed by atoms with Gasteiger partial charge in [0, 0.05) is 20.0 Å². The Kier molecular flexibility index (Phi) is 10.5. The number of halogens is 1. The molecule has 0 bridgehead atoms. The van der Waals surface area contributed by atoms with E-state index in [0.717, 1.165) is 21.7 Å². The van der Waals surface area contributed by atoms with Gasteiger partial charge < -0.3 is 15.0 Å². The van der Waals surface area contributed by atoms with E-state index in [1.54, 1.807) is 24.3 Å². The zero-order valence-electron chi connectivity index (χ0n) is 24.0. The normalized spacial score (nSPS) is 11.8. The van der Waals surface area contributed by atoms with Crippen molar-refractivity contribution in [2.45, 2.75) is 25.6 Å². The lowest BCUT2D eigenvalue weighted by Crippen LogP contribution is -2.52. The van der Waals surface area contributed by atoms with Crippen molar-refractivity contribution in [1.82, 2.24) is 10.2 Å². The molecule has 0 aliphatic heterocycles. The van der Waals surface area contributed by atoms with E-state index in [9.17, 15) is 22.4 Å². The highest BCUT2D eigenvalue weighted by Crippen LogP contribution is 2.24. The standard InChI is InChI=1S/C33H34FN3O5S/c1-35-33(39)31(21-25-9-5-3-6-10-25)36(22-26-13-15-28(34)16-14-26)32(38)23-37(43(2,40)41)29-17-19-30(20-18-29)42-24-27-11-7-4-8-12-27/h3-20,31H,21-24H2,1-2H3,(H,35,39)/t31-/m1/s1. The number of anilines is 1. The van der Waals surface area contributed by atoms with Crippen molar-refractivity contribution in [3.8, 4) is 5.75 Å². The minimum atomic E-state index is -3.91. The van der Waals surface area contributed by atoms with Gasteiger partial charge in [-0.3, -0.25) is 13.9 Å². The second kappa shape index (κ2) is 14.5. The highest BCUT2D eigenvalue weighted by Gasteiger charge is 2.32. The molecule has 0 spiro atoms. The van der Waals surface area contributed by atoms with E-state index in [-0.39, 0.29) is 18.7 Å². The lowest BCUT2D eigenvalue weighted by Gasteiger charge is -2.33. The number of carbonyl (C=O) groups excluding carboxylic acids is 2.